The van der Waals surface area contributed by atoms with Crippen LogP contribution in [0, 0.1) is 6.92 Å². The number of carbonyl (C=O) groups is 1. The van der Waals surface area contributed by atoms with E-state index in [4.69, 9.17) is 11.6 Å². The summed E-state index contributed by atoms with van der Waals surface area (Å²) in [5.41, 5.74) is 4.22. The molecule has 0 radical (unpaired) electrons. The van der Waals surface area contributed by atoms with Crippen LogP contribution in [0.3, 0.4) is 0 Å². The van der Waals surface area contributed by atoms with E-state index in [1.807, 2.05) is 30.3 Å². The fraction of sp³-hybridized carbons (Fsp3) is 0.286. The number of halogens is 1. The first-order chi connectivity index (χ1) is 12.6. The van der Waals surface area contributed by atoms with Crippen LogP contribution in [0.15, 0.2) is 48.7 Å². The molecule has 0 aliphatic heterocycles. The molecule has 0 saturated carbocycles. The van der Waals surface area contributed by atoms with Crippen molar-refractivity contribution in [3.05, 3.63) is 64.8 Å². The van der Waals surface area contributed by atoms with Gasteiger partial charge >= 0.3 is 6.03 Å². The first-order valence-electron chi connectivity index (χ1n) is 8.98. The van der Waals surface area contributed by atoms with Crippen LogP contribution in [-0.4, -0.2) is 17.1 Å². The number of hydrogen-bond donors (Lipinski definition) is 2. The predicted molar refractivity (Wildman–Crippen MR) is 108 cm³/mol. The van der Waals surface area contributed by atoms with E-state index in [-0.39, 0.29) is 6.03 Å². The number of urea groups is 1. The third-order valence-corrected chi connectivity index (χ3v) is 4.86. The zero-order valence-electron chi connectivity index (χ0n) is 15.2. The highest BCUT2D eigenvalue weighted by atomic mass is 35.5. The van der Waals surface area contributed by atoms with Gasteiger partial charge in [0.05, 0.1) is 11.2 Å². The quantitative estimate of drug-likeness (QED) is 0.577. The minimum Gasteiger partial charge on any atom is -0.338 e. The van der Waals surface area contributed by atoms with Gasteiger partial charge in [0.1, 0.15) is 0 Å². The molecule has 0 aliphatic carbocycles. The zero-order valence-corrected chi connectivity index (χ0v) is 15.9. The van der Waals surface area contributed by atoms with Crippen molar-refractivity contribution in [2.24, 2.45) is 0 Å². The Hall–Kier alpha value is -2.46. The van der Waals surface area contributed by atoms with Crippen LogP contribution < -0.4 is 10.6 Å². The molecule has 5 heteroatoms. The zero-order chi connectivity index (χ0) is 18.5. The van der Waals surface area contributed by atoms with Crippen molar-refractivity contribution in [1.29, 1.82) is 0 Å². The number of aromatic nitrogens is 1. The summed E-state index contributed by atoms with van der Waals surface area (Å²) in [5.74, 6) is 0. The molecule has 0 spiro atoms. The highest BCUT2D eigenvalue weighted by Crippen LogP contribution is 2.29. The van der Waals surface area contributed by atoms with Crippen molar-refractivity contribution in [3.63, 3.8) is 0 Å². The molecule has 136 valence electrons. The Labute approximate surface area is 159 Å². The van der Waals surface area contributed by atoms with Crippen LogP contribution in [0.4, 0.5) is 4.79 Å². The molecule has 3 aromatic rings. The van der Waals surface area contributed by atoms with Gasteiger partial charge in [0.2, 0.25) is 0 Å². The van der Waals surface area contributed by atoms with E-state index in [2.05, 4.69) is 47.4 Å². The van der Waals surface area contributed by atoms with Gasteiger partial charge in [-0.2, -0.15) is 0 Å². The highest BCUT2D eigenvalue weighted by molar-refractivity contribution is 6.31. The second-order valence-electron chi connectivity index (χ2n) is 6.40. The van der Waals surface area contributed by atoms with Crippen molar-refractivity contribution in [1.82, 2.24) is 15.2 Å². The minimum atomic E-state index is -0.169. The summed E-state index contributed by atoms with van der Waals surface area (Å²) in [7, 11) is 0. The molecule has 26 heavy (non-hydrogen) atoms. The number of nitrogens with zero attached hydrogens (tertiary/aromatic N) is 1. The Kier molecular flexibility index (Phi) is 5.84. The fourth-order valence-corrected chi connectivity index (χ4v) is 3.34. The Morgan fingerprint density at radius 3 is 2.73 bits per heavy atom. The van der Waals surface area contributed by atoms with E-state index >= 15 is 0 Å². The summed E-state index contributed by atoms with van der Waals surface area (Å²) in [6.07, 6.45) is 4.13. The lowest BCUT2D eigenvalue weighted by Crippen LogP contribution is -2.35. The number of aryl methyl sites for hydroxylation is 1. The van der Waals surface area contributed by atoms with Gasteiger partial charge in [-0.3, -0.25) is 0 Å². The molecule has 2 amide bonds. The number of amides is 2. The Bertz CT molecular complexity index is 917. The van der Waals surface area contributed by atoms with Gasteiger partial charge in [0, 0.05) is 35.3 Å². The lowest BCUT2D eigenvalue weighted by Gasteiger charge is -2.15. The van der Waals surface area contributed by atoms with Crippen molar-refractivity contribution >= 4 is 28.5 Å². The van der Waals surface area contributed by atoms with Crippen molar-refractivity contribution in [2.45, 2.75) is 33.2 Å². The molecule has 4 nitrogen and oxygen atoms in total. The van der Waals surface area contributed by atoms with Crippen LogP contribution in [0.1, 0.15) is 30.9 Å². The number of nitrogens with one attached hydrogen (secondary N) is 2. The molecule has 2 aromatic carbocycles. The molecular formula is C21H24ClN3O. The van der Waals surface area contributed by atoms with E-state index in [0.29, 0.717) is 18.1 Å². The standard InChI is InChI=1S/C21H24ClN3O/c1-3-4-12-23-21(26)24-13-17-18(22)9-7-11-20(17)25-14-15(2)16-8-5-6-10-19(16)25/h5-11,14H,3-4,12-13H2,1-2H3,(H2,23,24,26). The van der Waals surface area contributed by atoms with Gasteiger partial charge in [-0.15, -0.1) is 0 Å². The average molecular weight is 370 g/mol. The number of carbonyl (C=O) groups excluding carboxylic acids is 1. The van der Waals surface area contributed by atoms with Crippen LogP contribution in [-0.2, 0) is 6.54 Å². The summed E-state index contributed by atoms with van der Waals surface area (Å²) in [5, 5.41) is 7.64. The lowest BCUT2D eigenvalue weighted by molar-refractivity contribution is 0.240. The molecule has 0 aliphatic rings. The van der Waals surface area contributed by atoms with Crippen LogP contribution in [0.5, 0.6) is 0 Å². The van der Waals surface area contributed by atoms with Crippen molar-refractivity contribution < 1.29 is 4.79 Å². The Morgan fingerprint density at radius 2 is 1.92 bits per heavy atom. The van der Waals surface area contributed by atoms with Gasteiger partial charge in [0.25, 0.3) is 0 Å². The minimum absolute atomic E-state index is 0.169. The first-order valence-corrected chi connectivity index (χ1v) is 9.35. The van der Waals surface area contributed by atoms with Gasteiger partial charge in [-0.25, -0.2) is 4.79 Å². The maximum Gasteiger partial charge on any atom is 0.315 e. The topological polar surface area (TPSA) is 46.1 Å². The molecule has 1 aromatic heterocycles. The number of para-hydroxylation sites is 1. The number of benzene rings is 2. The Morgan fingerprint density at radius 1 is 1.12 bits per heavy atom. The van der Waals surface area contributed by atoms with Crippen LogP contribution >= 0.6 is 11.6 Å². The fourth-order valence-electron chi connectivity index (χ4n) is 3.11. The molecule has 0 unspecified atom stereocenters. The molecule has 0 bridgehead atoms. The van der Waals surface area contributed by atoms with Crippen LogP contribution in [0.2, 0.25) is 5.02 Å². The molecule has 0 atom stereocenters. The maximum absolute atomic E-state index is 12.0. The Balaban J connectivity index is 1.89. The van der Waals surface area contributed by atoms with E-state index in [0.717, 1.165) is 29.6 Å². The van der Waals surface area contributed by atoms with E-state index < -0.39 is 0 Å². The molecule has 3 rings (SSSR count). The smallest absolute Gasteiger partial charge is 0.315 e. The normalized spacial score (nSPS) is 10.9. The predicted octanol–water partition coefficient (Wildman–Crippen LogP) is 5.19. The summed E-state index contributed by atoms with van der Waals surface area (Å²) in [6, 6.07) is 13.9. The van der Waals surface area contributed by atoms with Gasteiger partial charge < -0.3 is 15.2 Å². The highest BCUT2D eigenvalue weighted by Gasteiger charge is 2.13. The number of fused-ring (bicyclic) bond motifs is 1. The monoisotopic (exact) mass is 369 g/mol. The van der Waals surface area contributed by atoms with Crippen molar-refractivity contribution in [2.75, 3.05) is 6.54 Å². The molecular weight excluding hydrogens is 346 g/mol. The summed E-state index contributed by atoms with van der Waals surface area (Å²) in [4.78, 5) is 12.0. The van der Waals surface area contributed by atoms with E-state index in [9.17, 15) is 4.79 Å². The number of unbranched alkanes of at least 4 members (excludes halogenated alkanes) is 1. The SMILES string of the molecule is CCCCNC(=O)NCc1c(Cl)cccc1-n1cc(C)c2ccccc21. The van der Waals surface area contributed by atoms with Crippen LogP contribution in [0.25, 0.3) is 16.6 Å². The summed E-state index contributed by atoms with van der Waals surface area (Å²) >= 11 is 6.46. The molecule has 2 N–H and O–H groups in total. The van der Waals surface area contributed by atoms with E-state index in [1.165, 1.54) is 10.9 Å². The molecule has 0 fully saturated rings. The summed E-state index contributed by atoms with van der Waals surface area (Å²) < 4.78 is 2.14. The van der Waals surface area contributed by atoms with E-state index in [1.54, 1.807) is 0 Å². The second-order valence-corrected chi connectivity index (χ2v) is 6.81. The van der Waals surface area contributed by atoms with Gasteiger partial charge in [0.15, 0.2) is 0 Å². The maximum atomic E-state index is 12.0. The average Bonchev–Trinajstić information content (AvgIpc) is 2.98. The number of hydrogen-bond acceptors (Lipinski definition) is 1. The van der Waals surface area contributed by atoms with Gasteiger partial charge in [-0.05, 0) is 37.1 Å². The third kappa shape index (κ3) is 3.86. The second kappa shape index (κ2) is 8.28. The molecule has 1 heterocycles. The van der Waals surface area contributed by atoms with Crippen molar-refractivity contribution in [3.8, 4) is 5.69 Å². The lowest BCUT2D eigenvalue weighted by atomic mass is 10.1. The van der Waals surface area contributed by atoms with Gasteiger partial charge in [-0.1, -0.05) is 49.2 Å². The summed E-state index contributed by atoms with van der Waals surface area (Å²) in [6.45, 7) is 5.25. The number of rotatable bonds is 6. The third-order valence-electron chi connectivity index (χ3n) is 4.51. The molecule has 0 saturated heterocycles. The first kappa shape index (κ1) is 18.3. The largest absolute Gasteiger partial charge is 0.338 e.